The van der Waals surface area contributed by atoms with Gasteiger partial charge < -0.3 is 15.9 Å². The third-order valence-corrected chi connectivity index (χ3v) is 4.14. The number of anilines is 1. The molecule has 8 heteroatoms. The van der Waals surface area contributed by atoms with E-state index in [1.165, 1.54) is 12.3 Å². The lowest BCUT2D eigenvalue weighted by molar-refractivity contribution is 0.0631. The molecule has 1 aliphatic heterocycles. The van der Waals surface area contributed by atoms with Crippen LogP contribution in [0.15, 0.2) is 17.1 Å². The van der Waals surface area contributed by atoms with Crippen molar-refractivity contribution in [1.29, 1.82) is 0 Å². The highest BCUT2D eigenvalue weighted by atomic mass is 32.2. The maximum Gasteiger partial charge on any atom is 0.350 e. The Balaban J connectivity index is 2.32. The number of alkyl halides is 1. The molecule has 17 heavy (non-hydrogen) atoms. The van der Waals surface area contributed by atoms with Crippen LogP contribution in [0.25, 0.3) is 0 Å². The van der Waals surface area contributed by atoms with E-state index >= 15 is 0 Å². The first-order valence-electron chi connectivity index (χ1n) is 4.97. The number of rotatable bonds is 2. The minimum Gasteiger partial charge on any atom is -0.395 e. The SMILES string of the molecule is Nc1ccn([C@@H]2S[C@H](CO)[C@@H](O)C2F)c(=O)n1. The number of hydrogen-bond donors (Lipinski definition) is 3. The molecule has 6 nitrogen and oxygen atoms in total. The topological polar surface area (TPSA) is 101 Å². The Morgan fingerprint density at radius 2 is 2.35 bits per heavy atom. The second-order valence-corrected chi connectivity index (χ2v) is 5.09. The molecule has 2 heterocycles. The van der Waals surface area contributed by atoms with E-state index in [2.05, 4.69) is 4.98 Å². The number of thioether (sulfide) groups is 1. The predicted molar refractivity (Wildman–Crippen MR) is 61.3 cm³/mol. The maximum absolute atomic E-state index is 13.8. The molecule has 1 unspecified atom stereocenters. The van der Waals surface area contributed by atoms with Crippen LogP contribution < -0.4 is 11.4 Å². The Hall–Kier alpha value is -1.12. The molecule has 0 aliphatic carbocycles. The number of aromatic nitrogens is 2. The Labute approximate surface area is 100 Å². The first kappa shape index (κ1) is 12.3. The Bertz CT molecular complexity index is 469. The smallest absolute Gasteiger partial charge is 0.350 e. The van der Waals surface area contributed by atoms with Crippen molar-refractivity contribution in [3.63, 3.8) is 0 Å². The molecule has 1 aromatic rings. The van der Waals surface area contributed by atoms with Crippen molar-refractivity contribution in [2.24, 2.45) is 0 Å². The highest BCUT2D eigenvalue weighted by molar-refractivity contribution is 8.00. The number of nitrogen functional groups attached to an aromatic ring is 1. The van der Waals surface area contributed by atoms with Gasteiger partial charge in [-0.1, -0.05) is 0 Å². The molecule has 2 rings (SSSR count). The molecule has 1 aliphatic rings. The largest absolute Gasteiger partial charge is 0.395 e. The van der Waals surface area contributed by atoms with E-state index in [1.807, 2.05) is 0 Å². The molecule has 0 saturated carbocycles. The fourth-order valence-electron chi connectivity index (χ4n) is 1.70. The summed E-state index contributed by atoms with van der Waals surface area (Å²) in [6.45, 7) is -0.347. The third kappa shape index (κ3) is 2.15. The number of aliphatic hydroxyl groups is 2. The molecule has 4 N–H and O–H groups in total. The second kappa shape index (κ2) is 4.63. The van der Waals surface area contributed by atoms with Crippen LogP contribution in [-0.4, -0.2) is 43.9 Å². The first-order valence-corrected chi connectivity index (χ1v) is 5.92. The molecular weight excluding hydrogens is 249 g/mol. The average Bonchev–Trinajstić information content (AvgIpc) is 2.57. The molecule has 0 amide bonds. The second-order valence-electron chi connectivity index (χ2n) is 3.72. The van der Waals surface area contributed by atoms with Crippen molar-refractivity contribution >= 4 is 17.6 Å². The van der Waals surface area contributed by atoms with Crippen LogP contribution in [0.3, 0.4) is 0 Å². The fraction of sp³-hybridized carbons (Fsp3) is 0.556. The summed E-state index contributed by atoms with van der Waals surface area (Å²) in [7, 11) is 0. The Morgan fingerprint density at radius 1 is 1.65 bits per heavy atom. The lowest BCUT2D eigenvalue weighted by atomic mass is 10.1. The minimum absolute atomic E-state index is 0.0592. The number of nitrogens with zero attached hydrogens (tertiary/aromatic N) is 2. The third-order valence-electron chi connectivity index (χ3n) is 2.60. The van der Waals surface area contributed by atoms with Crippen molar-refractivity contribution in [3.8, 4) is 0 Å². The monoisotopic (exact) mass is 261 g/mol. The molecule has 94 valence electrons. The minimum atomic E-state index is -1.62. The Morgan fingerprint density at radius 3 is 2.88 bits per heavy atom. The molecule has 1 saturated heterocycles. The van der Waals surface area contributed by atoms with Gasteiger partial charge in [-0.15, -0.1) is 11.8 Å². The van der Waals surface area contributed by atoms with Gasteiger partial charge in [0.05, 0.1) is 11.9 Å². The van der Waals surface area contributed by atoms with Gasteiger partial charge in [0.15, 0.2) is 6.17 Å². The molecule has 0 radical (unpaired) electrons. The first-order chi connectivity index (χ1) is 8.04. The average molecular weight is 261 g/mol. The van der Waals surface area contributed by atoms with Crippen LogP contribution in [0.4, 0.5) is 10.2 Å². The zero-order chi connectivity index (χ0) is 12.6. The predicted octanol–water partition coefficient (Wildman–Crippen LogP) is -0.869. The Kier molecular flexibility index (Phi) is 3.36. The van der Waals surface area contributed by atoms with Crippen molar-refractivity contribution in [2.45, 2.75) is 22.9 Å². The fourth-order valence-corrected chi connectivity index (χ4v) is 3.06. The molecule has 1 fully saturated rings. The highest BCUT2D eigenvalue weighted by Crippen LogP contribution is 2.42. The van der Waals surface area contributed by atoms with Crippen LogP contribution in [0.2, 0.25) is 0 Å². The highest BCUT2D eigenvalue weighted by Gasteiger charge is 2.44. The molecular formula is C9H12FN3O3S. The van der Waals surface area contributed by atoms with E-state index in [1.54, 1.807) is 0 Å². The van der Waals surface area contributed by atoms with Gasteiger partial charge in [-0.3, -0.25) is 4.57 Å². The van der Waals surface area contributed by atoms with Crippen LogP contribution in [0.1, 0.15) is 5.37 Å². The van der Waals surface area contributed by atoms with Crippen LogP contribution in [-0.2, 0) is 0 Å². The van der Waals surface area contributed by atoms with Gasteiger partial charge in [0.25, 0.3) is 0 Å². The summed E-state index contributed by atoms with van der Waals surface area (Å²) in [5, 5.41) is 17.0. The standard InChI is InChI=1S/C9H12FN3O3S/c10-6-7(15)4(3-14)17-8(6)13-2-1-5(11)12-9(13)16/h1-2,4,6-8,14-15H,3H2,(H2,11,12,16)/t4-,6?,7-,8-/m1/s1. The summed E-state index contributed by atoms with van der Waals surface area (Å²) in [5.74, 6) is 0.0592. The molecule has 0 aromatic carbocycles. The van der Waals surface area contributed by atoms with E-state index < -0.39 is 28.6 Å². The van der Waals surface area contributed by atoms with Gasteiger partial charge in [-0.2, -0.15) is 4.98 Å². The van der Waals surface area contributed by atoms with Crippen LogP contribution in [0.5, 0.6) is 0 Å². The summed E-state index contributed by atoms with van der Waals surface area (Å²) in [5.41, 5.74) is 4.66. The number of nitrogens with two attached hydrogens (primary N) is 1. The van der Waals surface area contributed by atoms with E-state index in [9.17, 15) is 14.3 Å². The molecule has 0 spiro atoms. The van der Waals surface area contributed by atoms with Gasteiger partial charge in [0, 0.05) is 6.20 Å². The lowest BCUT2D eigenvalue weighted by Gasteiger charge is -2.15. The van der Waals surface area contributed by atoms with Crippen molar-refractivity contribution in [1.82, 2.24) is 9.55 Å². The van der Waals surface area contributed by atoms with E-state index in [-0.39, 0.29) is 12.4 Å². The van der Waals surface area contributed by atoms with E-state index in [0.29, 0.717) is 0 Å². The summed E-state index contributed by atoms with van der Waals surface area (Å²) in [6.07, 6.45) is -1.58. The van der Waals surface area contributed by atoms with E-state index in [0.717, 1.165) is 16.3 Å². The number of halogens is 1. The zero-order valence-corrected chi connectivity index (χ0v) is 9.55. The summed E-state index contributed by atoms with van der Waals surface area (Å²) >= 11 is 1.01. The number of hydrogen-bond acceptors (Lipinski definition) is 6. The quantitative estimate of drug-likeness (QED) is 0.640. The van der Waals surface area contributed by atoms with Crippen LogP contribution >= 0.6 is 11.8 Å². The van der Waals surface area contributed by atoms with E-state index in [4.69, 9.17) is 10.8 Å². The number of aliphatic hydroxyl groups excluding tert-OH is 2. The zero-order valence-electron chi connectivity index (χ0n) is 8.73. The van der Waals surface area contributed by atoms with Crippen molar-refractivity contribution < 1.29 is 14.6 Å². The lowest BCUT2D eigenvalue weighted by Crippen LogP contribution is -2.33. The molecule has 1 aromatic heterocycles. The summed E-state index contributed by atoms with van der Waals surface area (Å²) in [6, 6.07) is 1.38. The molecule has 0 bridgehead atoms. The van der Waals surface area contributed by atoms with Crippen molar-refractivity contribution in [2.75, 3.05) is 12.3 Å². The van der Waals surface area contributed by atoms with Crippen LogP contribution in [0, 0.1) is 0 Å². The maximum atomic E-state index is 13.8. The van der Waals surface area contributed by atoms with Gasteiger partial charge in [-0.25, -0.2) is 9.18 Å². The van der Waals surface area contributed by atoms with Gasteiger partial charge >= 0.3 is 5.69 Å². The van der Waals surface area contributed by atoms with Crippen molar-refractivity contribution in [3.05, 3.63) is 22.7 Å². The van der Waals surface area contributed by atoms with Gasteiger partial charge in [0.1, 0.15) is 17.3 Å². The summed E-state index contributed by atoms with van der Waals surface area (Å²) < 4.78 is 14.9. The van der Waals surface area contributed by atoms with Gasteiger partial charge in [0.2, 0.25) is 0 Å². The normalized spacial score (nSPS) is 32.9. The van der Waals surface area contributed by atoms with Gasteiger partial charge in [-0.05, 0) is 6.07 Å². The summed E-state index contributed by atoms with van der Waals surface area (Å²) in [4.78, 5) is 15.0. The molecule has 4 atom stereocenters.